The fourth-order valence-electron chi connectivity index (χ4n) is 14.0. The van der Waals surface area contributed by atoms with Crippen LogP contribution in [0.4, 0.5) is 0 Å². The molecule has 8 unspecified atom stereocenters. The third kappa shape index (κ3) is 28.5. The maximum atomic E-state index is 12.1. The molecule has 0 radical (unpaired) electrons. The summed E-state index contributed by atoms with van der Waals surface area (Å²) in [5.41, 5.74) is -9.15. The largest absolute Gasteiger partial charge is 4.00 e. The monoisotopic (exact) mass is 1480 g/mol. The van der Waals surface area contributed by atoms with Crippen LogP contribution < -0.4 is 20.4 Å². The Morgan fingerprint density at radius 3 is 0.485 bits per heavy atom. The number of carboxylic acids is 4. The van der Waals surface area contributed by atoms with Crippen molar-refractivity contribution in [3.63, 3.8) is 0 Å². The minimum absolute atomic E-state index is 0. The molecule has 0 aromatic heterocycles. The third-order valence-electron chi connectivity index (χ3n) is 17.4. The molecule has 0 heterocycles. The van der Waals surface area contributed by atoms with Crippen LogP contribution in [0, 0.1) is 0 Å². The number of aliphatic carboxylic acids is 4. The van der Waals surface area contributed by atoms with Crippen LogP contribution in [-0.2, 0) is 97.7 Å². The molecule has 101 heavy (non-hydrogen) atoms. The molecule has 592 valence electrons. The summed E-state index contributed by atoms with van der Waals surface area (Å²) in [6, 6.07) is 0. The Kier molecular flexibility index (Phi) is 44.8. The topological polar surface area (TPSA) is 352 Å². The third-order valence-corrected chi connectivity index (χ3v) is 17.4. The first-order chi connectivity index (χ1) is 46.2. The molecular weight excluding hydrogens is 1340 g/mol. The summed E-state index contributed by atoms with van der Waals surface area (Å²) in [6.07, 6.45) is 8.64. The molecule has 8 atom stereocenters. The van der Waals surface area contributed by atoms with Crippen molar-refractivity contribution in [2.45, 2.75) is 463 Å². The predicted octanol–water partition coefficient (Wildman–Crippen LogP) is 8.64. The minimum atomic E-state index is -2.29. The molecule has 24 nitrogen and oxygen atoms in total. The van der Waals surface area contributed by atoms with E-state index in [2.05, 4.69) is 0 Å². The average Bonchev–Trinajstić information content (AvgIpc) is 1.40. The zero-order chi connectivity index (χ0) is 77.0. The van der Waals surface area contributed by atoms with Crippen molar-refractivity contribution in [1.82, 2.24) is 0 Å². The van der Waals surface area contributed by atoms with Gasteiger partial charge in [-0.05, 0) is 243 Å². The molecule has 0 aliphatic heterocycles. The summed E-state index contributed by atoms with van der Waals surface area (Å²) in [6.45, 7) is 43.7. The number of ether oxygens (including phenoxy) is 12. The smallest absolute Gasteiger partial charge is 0.547 e. The molecule has 4 rings (SSSR count). The summed E-state index contributed by atoms with van der Waals surface area (Å²) < 4.78 is 72.6. The van der Waals surface area contributed by atoms with Gasteiger partial charge in [-0.2, -0.15) is 0 Å². The van der Waals surface area contributed by atoms with Gasteiger partial charge in [0.2, 0.25) is 23.1 Å². The van der Waals surface area contributed by atoms with E-state index >= 15 is 0 Å². The van der Waals surface area contributed by atoms with E-state index in [1.165, 1.54) is 0 Å². The normalized spacial score (nSPS) is 27.7. The number of carboxylic acid groups (broad SMARTS) is 4. The van der Waals surface area contributed by atoms with E-state index in [-0.39, 0.29) is 121 Å². The minimum Gasteiger partial charge on any atom is -0.547 e. The van der Waals surface area contributed by atoms with E-state index in [4.69, 9.17) is 56.8 Å². The van der Waals surface area contributed by atoms with Gasteiger partial charge in [0.25, 0.3) is 0 Å². The van der Waals surface area contributed by atoms with Gasteiger partial charge in [0.1, 0.15) is 24.4 Å². The van der Waals surface area contributed by atoms with Gasteiger partial charge in [0, 0.05) is 0 Å². The van der Waals surface area contributed by atoms with Gasteiger partial charge in [-0.1, -0.05) is 77.0 Å². The second-order valence-electron chi connectivity index (χ2n) is 31.1. The van der Waals surface area contributed by atoms with E-state index in [0.29, 0.717) is 51.4 Å². The second-order valence-corrected chi connectivity index (χ2v) is 31.1. The fraction of sp³-hybridized carbons (Fsp3) is 0.947. The maximum absolute atomic E-state index is 12.1. The van der Waals surface area contributed by atoms with Crippen LogP contribution in [-0.4, -0.2) is 188 Å². The number of hydrogen-bond acceptors (Lipinski definition) is 24. The van der Waals surface area contributed by atoms with Gasteiger partial charge < -0.3 is 117 Å². The molecule has 0 aromatic carbocycles. The number of aliphatic hydroxyl groups is 4. The first kappa shape index (κ1) is 99.0. The molecule has 4 N–H and O–H groups in total. The van der Waals surface area contributed by atoms with Gasteiger partial charge >= 0.3 is 21.7 Å². The Labute approximate surface area is 622 Å². The van der Waals surface area contributed by atoms with Crippen LogP contribution >= 0.6 is 0 Å². The SMILES string of the molecule is CC(C)OC1CCCCCCC(O)(C(=O)[O-])C1(OC(C)C)OC(C)C.CC(C)OC1CCCCCCC(O)(C(=O)[O-])C1(OC(C)C)OC(C)C.CC(C)OC1CCCCCCC(O)(C(=O)[O-])C1(OC(C)C)OC(C)C.CC(C)OC1CCCCCCC(O)(C(=O)[O-])C1(OC(C)C)OC(C)C.[Ti+4]. The van der Waals surface area contributed by atoms with Crippen LogP contribution in [0.25, 0.3) is 0 Å². The molecular formula is C76H140O24Ti. The molecule has 4 saturated carbocycles. The zero-order valence-electron chi connectivity index (χ0n) is 66.7. The van der Waals surface area contributed by atoms with Crippen molar-refractivity contribution in [3.05, 3.63) is 0 Å². The summed E-state index contributed by atoms with van der Waals surface area (Å²) in [4.78, 5) is 48.3. The van der Waals surface area contributed by atoms with Crippen molar-refractivity contribution in [3.8, 4) is 0 Å². The van der Waals surface area contributed by atoms with E-state index in [1.54, 1.807) is 111 Å². The van der Waals surface area contributed by atoms with Crippen LogP contribution in [0.1, 0.15) is 320 Å². The van der Waals surface area contributed by atoms with E-state index in [0.717, 1.165) is 77.0 Å². The number of carbonyl (C=O) groups excluding carboxylic acids is 4. The molecule has 0 amide bonds. The van der Waals surface area contributed by atoms with Crippen LogP contribution in [0.15, 0.2) is 0 Å². The van der Waals surface area contributed by atoms with Gasteiger partial charge in [-0.25, -0.2) is 0 Å². The first-order valence-corrected chi connectivity index (χ1v) is 38.0. The zero-order valence-corrected chi connectivity index (χ0v) is 68.2. The fourth-order valence-corrected chi connectivity index (χ4v) is 14.0. The Morgan fingerprint density at radius 1 is 0.248 bits per heavy atom. The van der Waals surface area contributed by atoms with Crippen molar-refractivity contribution < 1.29 is 139 Å². The Morgan fingerprint density at radius 2 is 0.376 bits per heavy atom. The number of rotatable bonds is 28. The molecule has 4 fully saturated rings. The van der Waals surface area contributed by atoms with Gasteiger partial charge in [0.15, 0.2) is 22.4 Å². The number of hydrogen-bond donors (Lipinski definition) is 4. The van der Waals surface area contributed by atoms with Gasteiger partial charge in [-0.15, -0.1) is 0 Å². The number of carbonyl (C=O) groups is 4. The van der Waals surface area contributed by atoms with E-state index in [9.17, 15) is 60.0 Å². The summed E-state index contributed by atoms with van der Waals surface area (Å²) in [5.74, 6) is -13.6. The van der Waals surface area contributed by atoms with Crippen LogP contribution in [0.5, 0.6) is 0 Å². The molecule has 0 aromatic rings. The quantitative estimate of drug-likeness (QED) is 0.0420. The van der Waals surface area contributed by atoms with Gasteiger partial charge in [0.05, 0.1) is 97.1 Å². The summed E-state index contributed by atoms with van der Waals surface area (Å²) in [5, 5.41) is 93.5. The predicted molar refractivity (Wildman–Crippen MR) is 371 cm³/mol. The van der Waals surface area contributed by atoms with Crippen molar-refractivity contribution in [2.24, 2.45) is 0 Å². The Balaban J connectivity index is 0.00000132. The Bertz CT molecular complexity index is 1960. The summed E-state index contributed by atoms with van der Waals surface area (Å²) >= 11 is 0. The standard InChI is InChI=1S/4C19H36O6.Ti/c4*1-13(2)23-16-11-9-7-8-10-12-18(22,17(20)21)19(16,24-14(3)4)25-15(5)6;/h4*13-16,22H,7-12H2,1-6H3,(H,20,21);/q;;;;+4/p-4. The van der Waals surface area contributed by atoms with Crippen molar-refractivity contribution >= 4 is 23.9 Å². The van der Waals surface area contributed by atoms with E-state index < -0.39 is 93.8 Å². The molecule has 0 spiro atoms. The van der Waals surface area contributed by atoms with E-state index in [1.807, 2.05) is 55.4 Å². The van der Waals surface area contributed by atoms with Crippen molar-refractivity contribution in [2.75, 3.05) is 0 Å². The van der Waals surface area contributed by atoms with Crippen LogP contribution in [0.3, 0.4) is 0 Å². The summed E-state index contributed by atoms with van der Waals surface area (Å²) in [7, 11) is 0. The molecule has 25 heteroatoms. The first-order valence-electron chi connectivity index (χ1n) is 38.0. The average molecular weight is 1490 g/mol. The second kappa shape index (κ2) is 45.7. The molecule has 4 aliphatic carbocycles. The molecule has 0 saturated heterocycles. The van der Waals surface area contributed by atoms with Gasteiger partial charge in [-0.3, -0.25) is 0 Å². The molecule has 0 bridgehead atoms. The Hall–Kier alpha value is -2.05. The van der Waals surface area contributed by atoms with Crippen LogP contribution in [0.2, 0.25) is 0 Å². The maximum Gasteiger partial charge on any atom is 4.00 e. The van der Waals surface area contributed by atoms with Crippen molar-refractivity contribution in [1.29, 1.82) is 0 Å². The molecule has 4 aliphatic rings.